The van der Waals surface area contributed by atoms with Crippen LogP contribution in [0.25, 0.3) is 11.4 Å². The lowest BCUT2D eigenvalue weighted by Crippen LogP contribution is -2.17. The molecule has 0 unspecified atom stereocenters. The number of nitrogens with zero attached hydrogens (tertiary/aromatic N) is 2. The summed E-state index contributed by atoms with van der Waals surface area (Å²) < 4.78 is 0.866. The van der Waals surface area contributed by atoms with E-state index < -0.39 is 0 Å². The van der Waals surface area contributed by atoms with Crippen molar-refractivity contribution in [1.29, 1.82) is 0 Å². The summed E-state index contributed by atoms with van der Waals surface area (Å²) >= 11 is 20.5. The lowest BCUT2D eigenvalue weighted by molar-refractivity contribution is 0.563. The molecule has 6 heteroatoms. The first-order chi connectivity index (χ1) is 9.20. The predicted molar refractivity (Wildman–Crippen MR) is 93.9 cm³/mol. The minimum absolute atomic E-state index is 0.128. The molecule has 106 valence electrons. The first-order valence-electron chi connectivity index (χ1n) is 5.89. The highest BCUT2D eigenvalue weighted by atomic mass is 127. The molecule has 0 saturated carbocycles. The normalized spacial score (nSPS) is 11.8. The molecular weight excluding hydrogens is 429 g/mol. The van der Waals surface area contributed by atoms with Crippen LogP contribution in [0, 0.1) is 3.57 Å². The number of aromatic nitrogens is 2. The van der Waals surface area contributed by atoms with Crippen LogP contribution in [0.1, 0.15) is 26.5 Å². The Hall–Kier alpha value is -0.100. The average Bonchev–Trinajstić information content (AvgIpc) is 2.31. The molecule has 20 heavy (non-hydrogen) atoms. The van der Waals surface area contributed by atoms with Gasteiger partial charge in [0.15, 0.2) is 5.82 Å². The van der Waals surface area contributed by atoms with Gasteiger partial charge in [-0.05, 0) is 40.8 Å². The van der Waals surface area contributed by atoms with Crippen molar-refractivity contribution in [2.75, 3.05) is 0 Å². The number of hydrogen-bond acceptors (Lipinski definition) is 2. The number of rotatable bonds is 1. The van der Waals surface area contributed by atoms with Crippen LogP contribution >= 0.6 is 57.4 Å². The van der Waals surface area contributed by atoms with Crippen molar-refractivity contribution < 1.29 is 0 Å². The Morgan fingerprint density at radius 2 is 1.70 bits per heavy atom. The summed E-state index contributed by atoms with van der Waals surface area (Å²) in [6.45, 7) is 6.25. The molecule has 0 radical (unpaired) electrons. The van der Waals surface area contributed by atoms with Crippen molar-refractivity contribution in [2.24, 2.45) is 0 Å². The fraction of sp³-hybridized carbons (Fsp3) is 0.286. The highest BCUT2D eigenvalue weighted by Crippen LogP contribution is 2.34. The topological polar surface area (TPSA) is 25.8 Å². The molecule has 0 saturated heterocycles. The van der Waals surface area contributed by atoms with Crippen LogP contribution in [-0.4, -0.2) is 9.97 Å². The molecule has 0 aliphatic heterocycles. The molecule has 1 aromatic heterocycles. The van der Waals surface area contributed by atoms with E-state index in [4.69, 9.17) is 34.8 Å². The van der Waals surface area contributed by atoms with E-state index in [2.05, 4.69) is 53.3 Å². The lowest BCUT2D eigenvalue weighted by Gasteiger charge is -2.20. The number of halogens is 4. The molecular formula is C14H12Cl3IN2. The molecule has 0 aliphatic rings. The molecule has 0 bridgehead atoms. The van der Waals surface area contributed by atoms with E-state index in [0.717, 1.165) is 14.8 Å². The quantitative estimate of drug-likeness (QED) is 0.400. The second-order valence-electron chi connectivity index (χ2n) is 5.37. The van der Waals surface area contributed by atoms with Gasteiger partial charge in [0.05, 0.1) is 14.3 Å². The molecule has 0 N–H and O–H groups in total. The Morgan fingerprint density at radius 1 is 1.05 bits per heavy atom. The summed E-state index contributed by atoms with van der Waals surface area (Å²) in [6, 6.07) is 5.23. The molecule has 0 aliphatic carbocycles. The summed E-state index contributed by atoms with van der Waals surface area (Å²) in [7, 11) is 0. The Labute approximate surface area is 147 Å². The van der Waals surface area contributed by atoms with Gasteiger partial charge in [0.1, 0.15) is 5.15 Å². The summed E-state index contributed by atoms with van der Waals surface area (Å²) in [6.07, 6.45) is 0. The number of hydrogen-bond donors (Lipinski definition) is 0. The largest absolute Gasteiger partial charge is 0.231 e. The van der Waals surface area contributed by atoms with E-state index in [9.17, 15) is 0 Å². The Morgan fingerprint density at radius 3 is 2.25 bits per heavy atom. The molecule has 0 amide bonds. The van der Waals surface area contributed by atoms with Gasteiger partial charge in [-0.25, -0.2) is 9.97 Å². The molecule has 0 atom stereocenters. The van der Waals surface area contributed by atoms with Gasteiger partial charge in [0.2, 0.25) is 0 Å². The van der Waals surface area contributed by atoms with E-state index in [0.29, 0.717) is 21.0 Å². The minimum atomic E-state index is -0.128. The van der Waals surface area contributed by atoms with Crippen LogP contribution in [0.15, 0.2) is 18.2 Å². The highest BCUT2D eigenvalue weighted by molar-refractivity contribution is 14.1. The SMILES string of the molecule is CC(C)(C)c1nc(-c2ccc(Cl)cc2Cl)nc(Cl)c1I. The maximum atomic E-state index is 6.23. The fourth-order valence-corrected chi connectivity index (χ4v) is 3.42. The van der Waals surface area contributed by atoms with Crippen LogP contribution in [0.3, 0.4) is 0 Å². The fourth-order valence-electron chi connectivity index (χ4n) is 1.71. The van der Waals surface area contributed by atoms with Crippen LogP contribution in [0.4, 0.5) is 0 Å². The molecule has 1 aromatic carbocycles. The summed E-state index contributed by atoms with van der Waals surface area (Å²) in [5, 5.41) is 1.52. The van der Waals surface area contributed by atoms with Gasteiger partial charge in [-0.2, -0.15) is 0 Å². The van der Waals surface area contributed by atoms with E-state index in [1.54, 1.807) is 18.2 Å². The van der Waals surface area contributed by atoms with Crippen LogP contribution < -0.4 is 0 Å². The van der Waals surface area contributed by atoms with Crippen molar-refractivity contribution in [3.05, 3.63) is 42.7 Å². The van der Waals surface area contributed by atoms with Crippen molar-refractivity contribution in [3.63, 3.8) is 0 Å². The second kappa shape index (κ2) is 5.95. The molecule has 0 fully saturated rings. The van der Waals surface area contributed by atoms with Crippen LogP contribution in [0.5, 0.6) is 0 Å². The van der Waals surface area contributed by atoms with Gasteiger partial charge >= 0.3 is 0 Å². The summed E-state index contributed by atoms with van der Waals surface area (Å²) in [4.78, 5) is 8.96. The second-order valence-corrected chi connectivity index (χ2v) is 7.66. The van der Waals surface area contributed by atoms with Crippen molar-refractivity contribution >= 4 is 57.4 Å². The monoisotopic (exact) mass is 440 g/mol. The summed E-state index contributed by atoms with van der Waals surface area (Å²) in [5.74, 6) is 0.516. The Balaban J connectivity index is 2.67. The predicted octanol–water partition coefficient (Wildman–Crippen LogP) is 6.01. The third-order valence-electron chi connectivity index (χ3n) is 2.69. The first kappa shape index (κ1) is 16.3. The maximum Gasteiger partial charge on any atom is 0.162 e. The van der Waals surface area contributed by atoms with Gasteiger partial charge < -0.3 is 0 Å². The maximum absolute atomic E-state index is 6.23. The Kier molecular flexibility index (Phi) is 4.84. The van der Waals surface area contributed by atoms with E-state index in [1.807, 2.05) is 0 Å². The zero-order valence-electron chi connectivity index (χ0n) is 11.1. The molecule has 1 heterocycles. The van der Waals surface area contributed by atoms with Gasteiger partial charge in [-0.3, -0.25) is 0 Å². The molecule has 2 rings (SSSR count). The average molecular weight is 442 g/mol. The molecule has 2 nitrogen and oxygen atoms in total. The molecule has 0 spiro atoms. The summed E-state index contributed by atoms with van der Waals surface area (Å²) in [5.41, 5.74) is 1.50. The van der Waals surface area contributed by atoms with Crippen molar-refractivity contribution in [1.82, 2.24) is 9.97 Å². The van der Waals surface area contributed by atoms with Crippen LogP contribution in [0.2, 0.25) is 15.2 Å². The first-order valence-corrected chi connectivity index (χ1v) is 8.10. The van der Waals surface area contributed by atoms with Gasteiger partial charge in [0, 0.05) is 16.0 Å². The third-order valence-corrected chi connectivity index (χ3v) is 4.86. The zero-order chi connectivity index (χ0) is 15.1. The van der Waals surface area contributed by atoms with Gasteiger partial charge in [-0.15, -0.1) is 0 Å². The zero-order valence-corrected chi connectivity index (χ0v) is 15.6. The molecule has 2 aromatic rings. The smallest absolute Gasteiger partial charge is 0.162 e. The van der Waals surface area contributed by atoms with Gasteiger partial charge in [-0.1, -0.05) is 55.6 Å². The van der Waals surface area contributed by atoms with E-state index in [1.165, 1.54) is 0 Å². The van der Waals surface area contributed by atoms with Crippen molar-refractivity contribution in [3.8, 4) is 11.4 Å². The highest BCUT2D eigenvalue weighted by Gasteiger charge is 2.23. The van der Waals surface area contributed by atoms with Crippen molar-refractivity contribution in [2.45, 2.75) is 26.2 Å². The minimum Gasteiger partial charge on any atom is -0.231 e. The van der Waals surface area contributed by atoms with E-state index >= 15 is 0 Å². The van der Waals surface area contributed by atoms with E-state index in [-0.39, 0.29) is 5.41 Å². The number of benzene rings is 1. The third kappa shape index (κ3) is 3.38. The lowest BCUT2D eigenvalue weighted by atomic mass is 9.92. The Bertz CT molecular complexity index is 666. The van der Waals surface area contributed by atoms with Crippen LogP contribution in [-0.2, 0) is 5.41 Å². The standard InChI is InChI=1S/C14H12Cl3IN2/c1-14(2,3)11-10(18)12(17)20-13(19-11)8-5-4-7(15)6-9(8)16/h4-6H,1-3H3. The van der Waals surface area contributed by atoms with Gasteiger partial charge in [0.25, 0.3) is 0 Å².